The standard InChI is InChI=1S/C16H18Cl2N2O/c1-2-19-15-13(17)11-14(18)16(20-15)21-10-6-9-12-7-4-3-5-8-12/h3-5,7-8,11H,2,6,9-10H2,1H3,(H,19,20). The van der Waals surface area contributed by atoms with Crippen molar-refractivity contribution in [3.63, 3.8) is 0 Å². The molecule has 0 aliphatic carbocycles. The molecule has 0 bridgehead atoms. The second kappa shape index (κ2) is 8.11. The first kappa shape index (κ1) is 15.9. The van der Waals surface area contributed by atoms with Crippen LogP contribution in [0.15, 0.2) is 36.4 Å². The number of rotatable bonds is 7. The lowest BCUT2D eigenvalue weighted by Gasteiger charge is -2.11. The molecular weight excluding hydrogens is 307 g/mol. The molecule has 0 saturated carbocycles. The molecule has 21 heavy (non-hydrogen) atoms. The van der Waals surface area contributed by atoms with Crippen molar-refractivity contribution in [3.05, 3.63) is 52.0 Å². The fraction of sp³-hybridized carbons (Fsp3) is 0.312. The molecule has 3 nitrogen and oxygen atoms in total. The fourth-order valence-corrected chi connectivity index (χ4v) is 2.41. The number of aromatic nitrogens is 1. The zero-order chi connectivity index (χ0) is 15.1. The molecule has 0 unspecified atom stereocenters. The highest BCUT2D eigenvalue weighted by atomic mass is 35.5. The summed E-state index contributed by atoms with van der Waals surface area (Å²) in [6.07, 6.45) is 1.87. The molecule has 2 aromatic rings. The molecule has 0 amide bonds. The smallest absolute Gasteiger partial charge is 0.234 e. The van der Waals surface area contributed by atoms with Gasteiger partial charge >= 0.3 is 0 Å². The monoisotopic (exact) mass is 324 g/mol. The number of pyridine rings is 1. The predicted molar refractivity (Wildman–Crippen MR) is 88.7 cm³/mol. The molecule has 0 aliphatic heterocycles. The predicted octanol–water partition coefficient (Wildman–Crippen LogP) is 4.83. The Hall–Kier alpha value is -1.45. The van der Waals surface area contributed by atoms with Crippen molar-refractivity contribution in [2.24, 2.45) is 0 Å². The van der Waals surface area contributed by atoms with Gasteiger partial charge in [0.15, 0.2) is 0 Å². The van der Waals surface area contributed by atoms with Crippen LogP contribution in [-0.4, -0.2) is 18.1 Å². The van der Waals surface area contributed by atoms with Crippen LogP contribution in [-0.2, 0) is 6.42 Å². The van der Waals surface area contributed by atoms with E-state index in [2.05, 4.69) is 22.4 Å². The lowest BCUT2D eigenvalue weighted by Crippen LogP contribution is -2.05. The molecule has 0 saturated heterocycles. The lowest BCUT2D eigenvalue weighted by molar-refractivity contribution is 0.300. The summed E-state index contributed by atoms with van der Waals surface area (Å²) < 4.78 is 5.66. The van der Waals surface area contributed by atoms with Gasteiger partial charge < -0.3 is 10.1 Å². The Morgan fingerprint density at radius 3 is 2.62 bits per heavy atom. The molecule has 1 N–H and O–H groups in total. The van der Waals surface area contributed by atoms with Gasteiger partial charge in [0.2, 0.25) is 5.88 Å². The number of benzene rings is 1. The van der Waals surface area contributed by atoms with Gasteiger partial charge in [0.05, 0.1) is 11.6 Å². The molecule has 0 spiro atoms. The van der Waals surface area contributed by atoms with E-state index >= 15 is 0 Å². The third-order valence-corrected chi connectivity index (χ3v) is 3.49. The number of ether oxygens (including phenoxy) is 1. The van der Waals surface area contributed by atoms with Gasteiger partial charge in [-0.2, -0.15) is 4.98 Å². The summed E-state index contributed by atoms with van der Waals surface area (Å²) in [6, 6.07) is 12.0. The van der Waals surface area contributed by atoms with Crippen LogP contribution in [0.1, 0.15) is 18.9 Å². The van der Waals surface area contributed by atoms with E-state index in [4.69, 9.17) is 27.9 Å². The van der Waals surface area contributed by atoms with Crippen LogP contribution < -0.4 is 10.1 Å². The molecule has 0 fully saturated rings. The molecule has 5 heteroatoms. The van der Waals surface area contributed by atoms with Crippen LogP contribution in [0, 0.1) is 0 Å². The maximum Gasteiger partial charge on any atom is 0.234 e. The minimum absolute atomic E-state index is 0.421. The Labute approximate surface area is 135 Å². The van der Waals surface area contributed by atoms with Crippen molar-refractivity contribution in [2.45, 2.75) is 19.8 Å². The highest BCUT2D eigenvalue weighted by Crippen LogP contribution is 2.30. The van der Waals surface area contributed by atoms with E-state index in [0.717, 1.165) is 19.4 Å². The van der Waals surface area contributed by atoms with Crippen LogP contribution in [0.5, 0.6) is 5.88 Å². The lowest BCUT2D eigenvalue weighted by atomic mass is 10.1. The first-order valence-corrected chi connectivity index (χ1v) is 7.73. The summed E-state index contributed by atoms with van der Waals surface area (Å²) in [5.74, 6) is 1.02. The van der Waals surface area contributed by atoms with Crippen molar-refractivity contribution >= 4 is 29.0 Å². The third kappa shape index (κ3) is 4.80. The van der Waals surface area contributed by atoms with Crippen LogP contribution >= 0.6 is 23.2 Å². The second-order valence-corrected chi connectivity index (χ2v) is 5.39. The van der Waals surface area contributed by atoms with Crippen LogP contribution in [0.2, 0.25) is 10.0 Å². The van der Waals surface area contributed by atoms with Gasteiger partial charge in [-0.15, -0.1) is 0 Å². The number of aryl methyl sites for hydroxylation is 1. The maximum absolute atomic E-state index is 6.10. The van der Waals surface area contributed by atoms with E-state index in [-0.39, 0.29) is 0 Å². The Balaban J connectivity index is 1.89. The normalized spacial score (nSPS) is 10.4. The van der Waals surface area contributed by atoms with Gasteiger partial charge in [0.25, 0.3) is 0 Å². The number of hydrogen-bond acceptors (Lipinski definition) is 3. The summed E-state index contributed by atoms with van der Waals surface area (Å²) in [6.45, 7) is 3.28. The average Bonchev–Trinajstić information content (AvgIpc) is 2.49. The molecule has 1 aromatic heterocycles. The maximum atomic E-state index is 6.10. The van der Waals surface area contributed by atoms with Gasteiger partial charge in [0.1, 0.15) is 10.8 Å². The van der Waals surface area contributed by atoms with Crippen molar-refractivity contribution in [1.29, 1.82) is 0 Å². The van der Waals surface area contributed by atoms with Crippen molar-refractivity contribution < 1.29 is 4.74 Å². The van der Waals surface area contributed by atoms with Gasteiger partial charge in [-0.1, -0.05) is 53.5 Å². The SMILES string of the molecule is CCNc1nc(OCCCc2ccccc2)c(Cl)cc1Cl. The quantitative estimate of drug-likeness (QED) is 0.740. The molecule has 0 atom stereocenters. The van der Waals surface area contributed by atoms with Gasteiger partial charge in [-0.25, -0.2) is 0 Å². The molecule has 0 radical (unpaired) electrons. The van der Waals surface area contributed by atoms with E-state index in [1.165, 1.54) is 5.56 Å². The van der Waals surface area contributed by atoms with Gasteiger partial charge in [-0.3, -0.25) is 0 Å². The van der Waals surface area contributed by atoms with E-state index in [0.29, 0.717) is 28.3 Å². The summed E-state index contributed by atoms with van der Waals surface area (Å²) in [5, 5.41) is 4.01. The number of anilines is 1. The van der Waals surface area contributed by atoms with Crippen molar-refractivity contribution in [2.75, 3.05) is 18.5 Å². The second-order valence-electron chi connectivity index (χ2n) is 4.57. The molecule has 1 heterocycles. The molecule has 0 aliphatic rings. The number of hydrogen-bond donors (Lipinski definition) is 1. The third-order valence-electron chi connectivity index (χ3n) is 2.93. The van der Waals surface area contributed by atoms with Gasteiger partial charge in [-0.05, 0) is 31.4 Å². The zero-order valence-corrected chi connectivity index (χ0v) is 13.4. The van der Waals surface area contributed by atoms with Crippen LogP contribution in [0.25, 0.3) is 0 Å². The minimum atomic E-state index is 0.421. The summed E-state index contributed by atoms with van der Waals surface area (Å²) in [7, 11) is 0. The van der Waals surface area contributed by atoms with E-state index < -0.39 is 0 Å². The first-order valence-electron chi connectivity index (χ1n) is 6.97. The van der Waals surface area contributed by atoms with Gasteiger partial charge in [0, 0.05) is 6.54 Å². The highest BCUT2D eigenvalue weighted by molar-refractivity contribution is 6.36. The molecule has 112 valence electrons. The Morgan fingerprint density at radius 2 is 1.90 bits per heavy atom. The number of nitrogens with one attached hydrogen (secondary N) is 1. The van der Waals surface area contributed by atoms with E-state index in [9.17, 15) is 0 Å². The minimum Gasteiger partial charge on any atom is -0.477 e. The largest absolute Gasteiger partial charge is 0.477 e. The molecule has 1 aromatic carbocycles. The molecule has 2 rings (SSSR count). The Bertz CT molecular complexity index is 576. The first-order chi connectivity index (χ1) is 10.2. The number of halogens is 2. The average molecular weight is 325 g/mol. The Kier molecular flexibility index (Phi) is 6.15. The van der Waals surface area contributed by atoms with Crippen molar-refractivity contribution in [3.8, 4) is 5.88 Å². The summed E-state index contributed by atoms with van der Waals surface area (Å²) in [4.78, 5) is 4.31. The van der Waals surface area contributed by atoms with E-state index in [1.807, 2.05) is 25.1 Å². The van der Waals surface area contributed by atoms with Crippen LogP contribution in [0.3, 0.4) is 0 Å². The number of nitrogens with zero attached hydrogens (tertiary/aromatic N) is 1. The highest BCUT2D eigenvalue weighted by Gasteiger charge is 2.09. The fourth-order valence-electron chi connectivity index (χ4n) is 1.93. The van der Waals surface area contributed by atoms with Crippen molar-refractivity contribution in [1.82, 2.24) is 4.98 Å². The van der Waals surface area contributed by atoms with E-state index in [1.54, 1.807) is 6.07 Å². The summed E-state index contributed by atoms with van der Waals surface area (Å²) >= 11 is 12.2. The Morgan fingerprint density at radius 1 is 1.14 bits per heavy atom. The summed E-state index contributed by atoms with van der Waals surface area (Å²) in [5.41, 5.74) is 1.30. The molecular formula is C16H18Cl2N2O. The van der Waals surface area contributed by atoms with Crippen LogP contribution in [0.4, 0.5) is 5.82 Å². The topological polar surface area (TPSA) is 34.2 Å². The zero-order valence-electron chi connectivity index (χ0n) is 11.9.